The van der Waals surface area contributed by atoms with Crippen LogP contribution in [-0.4, -0.2) is 13.1 Å². The second kappa shape index (κ2) is 4.41. The van der Waals surface area contributed by atoms with Crippen molar-refractivity contribution in [2.24, 2.45) is 0 Å². The Hall–Kier alpha value is -2.49. The molecule has 2 aromatic carbocycles. The molecule has 0 radical (unpaired) electrons. The first-order valence-electron chi connectivity index (χ1n) is 5.48. The topological polar surface area (TPSA) is 44.8 Å². The van der Waals surface area contributed by atoms with E-state index in [0.717, 1.165) is 6.29 Å². The van der Waals surface area contributed by atoms with E-state index in [1.807, 2.05) is 12.1 Å². The predicted octanol–water partition coefficient (Wildman–Crippen LogP) is 3.02. The van der Waals surface area contributed by atoms with Crippen LogP contribution in [0.4, 0.5) is 0 Å². The molecule has 4 nitrogen and oxygen atoms in total. The average molecular weight is 242 g/mol. The van der Waals surface area contributed by atoms with Crippen molar-refractivity contribution in [1.29, 1.82) is 0 Å². The Kier molecular flexibility index (Phi) is 2.61. The van der Waals surface area contributed by atoms with Gasteiger partial charge in [-0.3, -0.25) is 4.79 Å². The third-order valence-corrected chi connectivity index (χ3v) is 2.60. The molecule has 0 atom stereocenters. The van der Waals surface area contributed by atoms with Crippen LogP contribution in [-0.2, 0) is 0 Å². The molecule has 1 aliphatic rings. The summed E-state index contributed by atoms with van der Waals surface area (Å²) in [6.07, 6.45) is 0.793. The quantitative estimate of drug-likeness (QED) is 0.776. The molecule has 3 rings (SSSR count). The first kappa shape index (κ1) is 10.7. The maximum absolute atomic E-state index is 10.6. The molecule has 1 heterocycles. The van der Waals surface area contributed by atoms with Crippen molar-refractivity contribution >= 4 is 6.29 Å². The molecule has 0 aliphatic carbocycles. The maximum Gasteiger partial charge on any atom is 0.231 e. The molecule has 0 saturated carbocycles. The van der Waals surface area contributed by atoms with Gasteiger partial charge in [-0.25, -0.2) is 0 Å². The van der Waals surface area contributed by atoms with E-state index in [2.05, 4.69) is 0 Å². The normalized spacial score (nSPS) is 12.2. The first-order chi connectivity index (χ1) is 8.86. The number of hydrogen-bond acceptors (Lipinski definition) is 4. The van der Waals surface area contributed by atoms with Crippen LogP contribution in [0.5, 0.6) is 23.0 Å². The van der Waals surface area contributed by atoms with Crippen molar-refractivity contribution in [3.8, 4) is 23.0 Å². The molecule has 2 aromatic rings. The van der Waals surface area contributed by atoms with Gasteiger partial charge >= 0.3 is 0 Å². The lowest BCUT2D eigenvalue weighted by atomic mass is 10.2. The van der Waals surface area contributed by atoms with Gasteiger partial charge in [-0.2, -0.15) is 0 Å². The van der Waals surface area contributed by atoms with E-state index >= 15 is 0 Å². The van der Waals surface area contributed by atoms with Crippen LogP contribution in [0.25, 0.3) is 0 Å². The molecule has 0 fully saturated rings. The van der Waals surface area contributed by atoms with E-state index in [0.29, 0.717) is 28.6 Å². The molecule has 0 spiro atoms. The molecule has 18 heavy (non-hydrogen) atoms. The summed E-state index contributed by atoms with van der Waals surface area (Å²) in [5, 5.41) is 0. The van der Waals surface area contributed by atoms with Crippen LogP contribution in [0.3, 0.4) is 0 Å². The standard InChI is InChI=1S/C14H10O4/c15-8-10-4-6-11(7-5-10)18-13-3-1-2-12-14(13)17-9-16-12/h1-8H,9H2. The molecule has 0 saturated heterocycles. The van der Waals surface area contributed by atoms with Crippen molar-refractivity contribution in [1.82, 2.24) is 0 Å². The summed E-state index contributed by atoms with van der Waals surface area (Å²) in [4.78, 5) is 10.6. The summed E-state index contributed by atoms with van der Waals surface area (Å²) < 4.78 is 16.3. The molecule has 0 unspecified atom stereocenters. The van der Waals surface area contributed by atoms with Gasteiger partial charge in [-0.15, -0.1) is 0 Å². The fourth-order valence-electron chi connectivity index (χ4n) is 1.73. The highest BCUT2D eigenvalue weighted by atomic mass is 16.7. The highest BCUT2D eigenvalue weighted by Crippen LogP contribution is 2.42. The van der Waals surface area contributed by atoms with Gasteiger partial charge in [0, 0.05) is 5.56 Å². The Bertz CT molecular complexity index is 575. The van der Waals surface area contributed by atoms with Gasteiger partial charge in [0.2, 0.25) is 12.5 Å². The highest BCUT2D eigenvalue weighted by molar-refractivity contribution is 5.74. The summed E-state index contributed by atoms with van der Waals surface area (Å²) in [5.74, 6) is 2.53. The Morgan fingerprint density at radius 3 is 2.67 bits per heavy atom. The Morgan fingerprint density at radius 2 is 1.89 bits per heavy atom. The molecule has 4 heteroatoms. The zero-order chi connectivity index (χ0) is 12.4. The van der Waals surface area contributed by atoms with E-state index in [1.165, 1.54) is 0 Å². The fraction of sp³-hybridized carbons (Fsp3) is 0.0714. The zero-order valence-corrected chi connectivity index (χ0v) is 9.46. The SMILES string of the molecule is O=Cc1ccc(Oc2cccc3c2OCO3)cc1. The van der Waals surface area contributed by atoms with Gasteiger partial charge in [-0.05, 0) is 36.4 Å². The lowest BCUT2D eigenvalue weighted by Crippen LogP contribution is -1.94. The molecule has 0 bridgehead atoms. The Morgan fingerprint density at radius 1 is 1.06 bits per heavy atom. The van der Waals surface area contributed by atoms with Crippen molar-refractivity contribution < 1.29 is 19.0 Å². The molecular formula is C14H10O4. The molecule has 90 valence electrons. The van der Waals surface area contributed by atoms with Crippen molar-refractivity contribution in [3.05, 3.63) is 48.0 Å². The number of fused-ring (bicyclic) bond motifs is 1. The van der Waals surface area contributed by atoms with E-state index in [-0.39, 0.29) is 6.79 Å². The molecule has 0 amide bonds. The monoisotopic (exact) mass is 242 g/mol. The largest absolute Gasteiger partial charge is 0.453 e. The minimum atomic E-state index is 0.208. The predicted molar refractivity (Wildman–Crippen MR) is 64.5 cm³/mol. The second-order valence-corrected chi connectivity index (χ2v) is 3.78. The van der Waals surface area contributed by atoms with Crippen LogP contribution in [0.15, 0.2) is 42.5 Å². The third kappa shape index (κ3) is 1.88. The zero-order valence-electron chi connectivity index (χ0n) is 9.46. The van der Waals surface area contributed by atoms with Crippen LogP contribution in [0, 0.1) is 0 Å². The van der Waals surface area contributed by atoms with Gasteiger partial charge in [0.05, 0.1) is 0 Å². The summed E-state index contributed by atoms with van der Waals surface area (Å²) in [6, 6.07) is 12.3. The number of hydrogen-bond donors (Lipinski definition) is 0. The van der Waals surface area contributed by atoms with Gasteiger partial charge in [-0.1, -0.05) is 6.07 Å². The lowest BCUT2D eigenvalue weighted by Gasteiger charge is -2.08. The molecular weight excluding hydrogens is 232 g/mol. The minimum absolute atomic E-state index is 0.208. The maximum atomic E-state index is 10.6. The average Bonchev–Trinajstić information content (AvgIpc) is 2.89. The van der Waals surface area contributed by atoms with Crippen LogP contribution >= 0.6 is 0 Å². The molecule has 1 aliphatic heterocycles. The van der Waals surface area contributed by atoms with Crippen LogP contribution < -0.4 is 14.2 Å². The van der Waals surface area contributed by atoms with Gasteiger partial charge in [0.1, 0.15) is 12.0 Å². The number of carbonyl (C=O) groups excluding carboxylic acids is 1. The summed E-state index contributed by atoms with van der Waals surface area (Å²) >= 11 is 0. The van der Waals surface area contributed by atoms with E-state index in [9.17, 15) is 4.79 Å². The third-order valence-electron chi connectivity index (χ3n) is 2.60. The van der Waals surface area contributed by atoms with Crippen molar-refractivity contribution in [2.75, 3.05) is 6.79 Å². The number of benzene rings is 2. The van der Waals surface area contributed by atoms with Gasteiger partial charge < -0.3 is 14.2 Å². The van der Waals surface area contributed by atoms with Crippen molar-refractivity contribution in [2.45, 2.75) is 0 Å². The smallest absolute Gasteiger partial charge is 0.231 e. The van der Waals surface area contributed by atoms with Gasteiger partial charge in [0.15, 0.2) is 11.5 Å². The number of para-hydroxylation sites is 1. The fourth-order valence-corrected chi connectivity index (χ4v) is 1.73. The Balaban J connectivity index is 1.88. The second-order valence-electron chi connectivity index (χ2n) is 3.78. The Labute approximate surface area is 104 Å². The molecule has 0 N–H and O–H groups in total. The molecule has 0 aromatic heterocycles. The summed E-state index contributed by atoms with van der Waals surface area (Å²) in [7, 11) is 0. The van der Waals surface area contributed by atoms with E-state index in [4.69, 9.17) is 14.2 Å². The minimum Gasteiger partial charge on any atom is -0.453 e. The number of ether oxygens (including phenoxy) is 3. The van der Waals surface area contributed by atoms with E-state index in [1.54, 1.807) is 30.3 Å². The van der Waals surface area contributed by atoms with Gasteiger partial charge in [0.25, 0.3) is 0 Å². The number of rotatable bonds is 3. The number of aldehydes is 1. The number of carbonyl (C=O) groups is 1. The lowest BCUT2D eigenvalue weighted by molar-refractivity contribution is 0.112. The first-order valence-corrected chi connectivity index (χ1v) is 5.48. The highest BCUT2D eigenvalue weighted by Gasteiger charge is 2.18. The van der Waals surface area contributed by atoms with Crippen LogP contribution in [0.2, 0.25) is 0 Å². The summed E-state index contributed by atoms with van der Waals surface area (Å²) in [5.41, 5.74) is 0.611. The van der Waals surface area contributed by atoms with E-state index < -0.39 is 0 Å². The van der Waals surface area contributed by atoms with Crippen molar-refractivity contribution in [3.63, 3.8) is 0 Å². The van der Waals surface area contributed by atoms with Crippen LogP contribution in [0.1, 0.15) is 10.4 Å². The summed E-state index contributed by atoms with van der Waals surface area (Å²) in [6.45, 7) is 0.208.